The maximum atomic E-state index is 4.32. The Morgan fingerprint density at radius 3 is 2.83 bits per heavy atom. The summed E-state index contributed by atoms with van der Waals surface area (Å²) in [5.41, 5.74) is 0. The first-order chi connectivity index (χ1) is 2.91. The minimum absolute atomic E-state index is 0.795. The van der Waals surface area contributed by atoms with Crippen molar-refractivity contribution in [3.63, 3.8) is 0 Å². The zero-order valence-electron chi connectivity index (χ0n) is 3.26. The van der Waals surface area contributed by atoms with Crippen LogP contribution < -0.4 is 0 Å². The van der Waals surface area contributed by atoms with Gasteiger partial charge in [-0.1, -0.05) is 6.08 Å². The smallest absolute Gasteiger partial charge is 0.0388 e. The van der Waals surface area contributed by atoms with Gasteiger partial charge >= 0.3 is 0 Å². The van der Waals surface area contributed by atoms with Gasteiger partial charge in [-0.2, -0.15) is 0 Å². The van der Waals surface area contributed by atoms with E-state index in [0.717, 1.165) is 5.75 Å². The van der Waals surface area contributed by atoms with Gasteiger partial charge in [-0.25, -0.2) is 0 Å². The third kappa shape index (κ3) is 4.40. The molecule has 0 aromatic rings. The zero-order valence-corrected chi connectivity index (χ0v) is 4.97. The average molecular weight is 122 g/mol. The lowest BCUT2D eigenvalue weighted by molar-refractivity contribution is 0.777. The Kier molecular flexibility index (Phi) is 5.76. The van der Waals surface area contributed by atoms with Gasteiger partial charge in [-0.05, 0) is 12.9 Å². The molecule has 36 valence electrons. The van der Waals surface area contributed by atoms with Crippen LogP contribution in [0.4, 0.5) is 0 Å². The molecule has 3 heteroatoms. The summed E-state index contributed by atoms with van der Waals surface area (Å²) in [7, 11) is 0. The highest BCUT2D eigenvalue weighted by Crippen LogP contribution is 2.02. The summed E-state index contributed by atoms with van der Waals surface area (Å²) in [5.74, 6) is 0.795. The van der Waals surface area contributed by atoms with Gasteiger partial charge in [0.1, 0.15) is 0 Å². The molecule has 0 atom stereocenters. The molecule has 0 aromatic carbocycles. The van der Waals surface area contributed by atoms with Crippen molar-refractivity contribution in [3.8, 4) is 0 Å². The van der Waals surface area contributed by atoms with Gasteiger partial charge in [0.25, 0.3) is 0 Å². The third-order valence-corrected chi connectivity index (χ3v) is 1.03. The van der Waals surface area contributed by atoms with Crippen LogP contribution in [0.3, 0.4) is 0 Å². The summed E-state index contributed by atoms with van der Waals surface area (Å²) in [6.07, 6.45) is 1.75. The molecule has 1 nitrogen and oxygen atoms in total. The Morgan fingerprint density at radius 1 is 2.00 bits per heavy atom. The predicted molar refractivity (Wildman–Crippen MR) is 32.7 cm³/mol. The van der Waals surface area contributed by atoms with Crippen molar-refractivity contribution < 1.29 is 3.63 Å². The molecule has 0 saturated heterocycles. The topological polar surface area (TPSA) is 9.23 Å². The maximum absolute atomic E-state index is 4.32. The summed E-state index contributed by atoms with van der Waals surface area (Å²) >= 11 is 4.72. The minimum atomic E-state index is 0.795. The first kappa shape index (κ1) is 6.40. The second-order valence-electron chi connectivity index (χ2n) is 0.648. The molecule has 0 N–H and O–H groups in total. The number of thiol groups is 1. The van der Waals surface area contributed by atoms with Crippen molar-refractivity contribution in [1.29, 1.82) is 0 Å². The van der Waals surface area contributed by atoms with Crippen LogP contribution in [0.1, 0.15) is 0 Å². The molecule has 0 amide bonds. The number of rotatable bonds is 3. The van der Waals surface area contributed by atoms with Crippen LogP contribution in [-0.4, -0.2) is 5.75 Å². The lowest BCUT2D eigenvalue weighted by atomic mass is 10.8. The Hall–Kier alpha value is 0.400. The van der Waals surface area contributed by atoms with Gasteiger partial charge < -0.3 is 0 Å². The minimum Gasteiger partial charge on any atom is -0.250 e. The van der Waals surface area contributed by atoms with E-state index in [2.05, 4.69) is 23.1 Å². The van der Waals surface area contributed by atoms with Gasteiger partial charge in [0.2, 0.25) is 0 Å². The van der Waals surface area contributed by atoms with Crippen molar-refractivity contribution >= 4 is 25.0 Å². The normalized spacial score (nSPS) is 8.17. The highest BCUT2D eigenvalue weighted by molar-refractivity contribution is 8.01. The molecular formula is C3H6OS2. The molecule has 0 saturated carbocycles. The molecule has 0 aromatic heterocycles. The van der Waals surface area contributed by atoms with Gasteiger partial charge in [-0.15, -0.1) is 6.58 Å². The molecule has 0 fully saturated rings. The Labute approximate surface area is 47.6 Å². The fourth-order valence-electron chi connectivity index (χ4n) is 0.0785. The molecule has 0 unspecified atom stereocenters. The molecule has 0 aliphatic carbocycles. The maximum Gasteiger partial charge on any atom is 0.0388 e. The van der Waals surface area contributed by atoms with Gasteiger partial charge in [0.15, 0.2) is 0 Å². The standard InChI is InChI=1S/C3H6OS2/c1-2-3-6-4-5/h2,5H,1,3H2. The van der Waals surface area contributed by atoms with Gasteiger partial charge in [-0.3, -0.25) is 3.63 Å². The summed E-state index contributed by atoms with van der Waals surface area (Å²) in [4.78, 5) is 0. The van der Waals surface area contributed by atoms with E-state index in [1.54, 1.807) is 6.08 Å². The van der Waals surface area contributed by atoms with Crippen molar-refractivity contribution in [2.24, 2.45) is 0 Å². The number of hydrogen-bond acceptors (Lipinski definition) is 3. The largest absolute Gasteiger partial charge is 0.250 e. The molecule has 0 heterocycles. The fraction of sp³-hybridized carbons (Fsp3) is 0.333. The second-order valence-corrected chi connectivity index (χ2v) is 1.81. The van der Waals surface area contributed by atoms with Gasteiger partial charge in [0.05, 0.1) is 0 Å². The van der Waals surface area contributed by atoms with E-state index in [1.165, 1.54) is 12.0 Å². The summed E-state index contributed by atoms with van der Waals surface area (Å²) in [6, 6.07) is 0. The highest BCUT2D eigenvalue weighted by atomic mass is 32.2. The van der Waals surface area contributed by atoms with Crippen molar-refractivity contribution in [3.05, 3.63) is 12.7 Å². The van der Waals surface area contributed by atoms with Crippen LogP contribution in [0.25, 0.3) is 0 Å². The fourth-order valence-corrected chi connectivity index (χ4v) is 0.418. The molecular weight excluding hydrogens is 116 g/mol. The first-order valence-corrected chi connectivity index (χ1v) is 2.73. The van der Waals surface area contributed by atoms with Crippen molar-refractivity contribution in [2.45, 2.75) is 0 Å². The molecule has 0 radical (unpaired) electrons. The summed E-state index contributed by atoms with van der Waals surface area (Å²) in [6.45, 7) is 3.46. The quantitative estimate of drug-likeness (QED) is 0.264. The van der Waals surface area contributed by atoms with E-state index in [0.29, 0.717) is 0 Å². The summed E-state index contributed by atoms with van der Waals surface area (Å²) < 4.78 is 4.32. The first-order valence-electron chi connectivity index (χ1n) is 1.45. The van der Waals surface area contributed by atoms with E-state index >= 15 is 0 Å². The molecule has 0 spiro atoms. The molecule has 0 rings (SSSR count). The van der Waals surface area contributed by atoms with E-state index in [9.17, 15) is 0 Å². The van der Waals surface area contributed by atoms with E-state index in [4.69, 9.17) is 0 Å². The Balaban J connectivity index is 2.49. The van der Waals surface area contributed by atoms with Crippen LogP contribution in [0.2, 0.25) is 0 Å². The van der Waals surface area contributed by atoms with Crippen molar-refractivity contribution in [1.82, 2.24) is 0 Å². The Morgan fingerprint density at radius 2 is 2.67 bits per heavy atom. The van der Waals surface area contributed by atoms with Crippen LogP contribution in [0.15, 0.2) is 12.7 Å². The zero-order chi connectivity index (χ0) is 4.83. The second kappa shape index (κ2) is 5.40. The van der Waals surface area contributed by atoms with Crippen LogP contribution in [0, 0.1) is 0 Å². The van der Waals surface area contributed by atoms with Crippen LogP contribution in [-0.2, 0) is 3.63 Å². The molecule has 0 bridgehead atoms. The predicted octanol–water partition coefficient (Wildman–Crippen LogP) is 1.68. The van der Waals surface area contributed by atoms with Crippen LogP contribution >= 0.6 is 25.0 Å². The Bertz CT molecular complexity index is 37.8. The van der Waals surface area contributed by atoms with Crippen molar-refractivity contribution in [2.75, 3.05) is 5.75 Å². The monoisotopic (exact) mass is 122 g/mol. The molecule has 0 aliphatic rings. The SMILES string of the molecule is C=CCSOS. The van der Waals surface area contributed by atoms with E-state index in [-0.39, 0.29) is 0 Å². The lowest BCUT2D eigenvalue weighted by Crippen LogP contribution is -1.61. The van der Waals surface area contributed by atoms with E-state index < -0.39 is 0 Å². The molecule has 0 aliphatic heterocycles. The average Bonchev–Trinajstić information content (AvgIpc) is 1.61. The van der Waals surface area contributed by atoms with Gasteiger partial charge in [0, 0.05) is 17.8 Å². The van der Waals surface area contributed by atoms with E-state index in [1.807, 2.05) is 0 Å². The number of hydrogen-bond donors (Lipinski definition) is 1. The summed E-state index contributed by atoms with van der Waals surface area (Å²) in [5, 5.41) is 0. The molecule has 6 heavy (non-hydrogen) atoms. The third-order valence-electron chi connectivity index (χ3n) is 0.239. The lowest BCUT2D eigenvalue weighted by Gasteiger charge is -1.82. The van der Waals surface area contributed by atoms with Crippen LogP contribution in [0.5, 0.6) is 0 Å². The highest BCUT2D eigenvalue weighted by Gasteiger charge is 1.72.